The molecule has 0 radical (unpaired) electrons. The molecule has 1 amide bonds. The summed E-state index contributed by atoms with van der Waals surface area (Å²) in [5.41, 5.74) is 2.60. The number of carbonyl (C=O) groups is 1. The van der Waals surface area contributed by atoms with Crippen molar-refractivity contribution >= 4 is 16.8 Å². The van der Waals surface area contributed by atoms with Gasteiger partial charge in [0.2, 0.25) is 0 Å². The van der Waals surface area contributed by atoms with Gasteiger partial charge in [0.25, 0.3) is 5.91 Å². The molecule has 0 aliphatic carbocycles. The summed E-state index contributed by atoms with van der Waals surface area (Å²) in [4.78, 5) is 24.6. The molecular weight excluding hydrogens is 408 g/mol. The second-order valence-electron chi connectivity index (χ2n) is 7.04. The maximum Gasteiger partial charge on any atom is 0.251 e. The lowest BCUT2D eigenvalue weighted by Gasteiger charge is -2.13. The summed E-state index contributed by atoms with van der Waals surface area (Å²) < 4.78 is 11.3. The van der Waals surface area contributed by atoms with E-state index < -0.39 is 0 Å². The Labute approximate surface area is 185 Å². The van der Waals surface area contributed by atoms with Crippen LogP contribution >= 0.6 is 0 Å². The lowest BCUT2D eigenvalue weighted by atomic mass is 10.1. The SMILES string of the molecule is CCOc1cc(-c2cnccc2OC)nc2cc(C(=O)NCCCc3nnc[nH]3)ccc12. The Morgan fingerprint density at radius 3 is 2.88 bits per heavy atom. The molecule has 0 aliphatic rings. The van der Waals surface area contributed by atoms with Crippen LogP contribution in [0.15, 0.2) is 49.1 Å². The molecule has 32 heavy (non-hydrogen) atoms. The van der Waals surface area contributed by atoms with Crippen LogP contribution in [0.2, 0.25) is 0 Å². The Bertz CT molecular complexity index is 1210. The normalized spacial score (nSPS) is 10.8. The molecule has 0 atom stereocenters. The molecule has 0 spiro atoms. The van der Waals surface area contributed by atoms with Crippen LogP contribution < -0.4 is 14.8 Å². The number of hydrogen-bond donors (Lipinski definition) is 2. The molecule has 1 aromatic carbocycles. The van der Waals surface area contributed by atoms with E-state index >= 15 is 0 Å². The largest absolute Gasteiger partial charge is 0.496 e. The van der Waals surface area contributed by atoms with E-state index in [-0.39, 0.29) is 5.91 Å². The maximum atomic E-state index is 12.7. The predicted octanol–water partition coefficient (Wildman–Crippen LogP) is 3.18. The number of methoxy groups -OCH3 is 1. The highest BCUT2D eigenvalue weighted by Gasteiger charge is 2.14. The third-order valence-electron chi connectivity index (χ3n) is 4.95. The topological polar surface area (TPSA) is 115 Å². The van der Waals surface area contributed by atoms with Crippen LogP contribution in [0.4, 0.5) is 0 Å². The van der Waals surface area contributed by atoms with Crippen LogP contribution in [-0.2, 0) is 6.42 Å². The zero-order chi connectivity index (χ0) is 22.3. The average molecular weight is 432 g/mol. The molecule has 0 fully saturated rings. The number of aryl methyl sites for hydroxylation is 1. The van der Waals surface area contributed by atoms with Crippen LogP contribution in [0.5, 0.6) is 11.5 Å². The van der Waals surface area contributed by atoms with Gasteiger partial charge in [-0.05, 0) is 37.6 Å². The van der Waals surface area contributed by atoms with Gasteiger partial charge in [-0.2, -0.15) is 0 Å². The summed E-state index contributed by atoms with van der Waals surface area (Å²) >= 11 is 0. The lowest BCUT2D eigenvalue weighted by Crippen LogP contribution is -2.24. The van der Waals surface area contributed by atoms with Gasteiger partial charge in [-0.25, -0.2) is 4.98 Å². The van der Waals surface area contributed by atoms with Gasteiger partial charge in [-0.1, -0.05) is 0 Å². The fraction of sp³-hybridized carbons (Fsp3) is 0.261. The minimum atomic E-state index is -0.159. The number of nitrogens with zero attached hydrogens (tertiary/aromatic N) is 4. The van der Waals surface area contributed by atoms with E-state index in [1.807, 2.05) is 19.1 Å². The van der Waals surface area contributed by atoms with Gasteiger partial charge in [0.05, 0.1) is 30.5 Å². The molecule has 0 unspecified atom stereocenters. The first-order valence-electron chi connectivity index (χ1n) is 10.4. The summed E-state index contributed by atoms with van der Waals surface area (Å²) in [6.45, 7) is 2.97. The summed E-state index contributed by atoms with van der Waals surface area (Å²) in [7, 11) is 1.61. The van der Waals surface area contributed by atoms with Crippen molar-refractivity contribution in [2.45, 2.75) is 19.8 Å². The van der Waals surface area contributed by atoms with Crippen molar-refractivity contribution in [3.05, 3.63) is 60.4 Å². The summed E-state index contributed by atoms with van der Waals surface area (Å²) in [6.07, 6.45) is 6.38. The first kappa shape index (κ1) is 21.2. The molecule has 3 aromatic heterocycles. The van der Waals surface area contributed by atoms with Gasteiger partial charge < -0.3 is 19.8 Å². The molecule has 0 aliphatic heterocycles. The molecule has 2 N–H and O–H groups in total. The number of amides is 1. The molecule has 0 bridgehead atoms. The highest BCUT2D eigenvalue weighted by molar-refractivity contribution is 5.99. The first-order valence-corrected chi connectivity index (χ1v) is 10.4. The highest BCUT2D eigenvalue weighted by Crippen LogP contribution is 2.34. The zero-order valence-corrected chi connectivity index (χ0v) is 18.0. The summed E-state index contributed by atoms with van der Waals surface area (Å²) in [5, 5.41) is 11.5. The second-order valence-corrected chi connectivity index (χ2v) is 7.04. The number of nitrogens with one attached hydrogen (secondary N) is 2. The third-order valence-corrected chi connectivity index (χ3v) is 4.95. The van der Waals surface area contributed by atoms with Gasteiger partial charge in [0.15, 0.2) is 0 Å². The van der Waals surface area contributed by atoms with Crippen molar-refractivity contribution in [2.75, 3.05) is 20.3 Å². The van der Waals surface area contributed by atoms with Crippen LogP contribution in [0.1, 0.15) is 29.5 Å². The second kappa shape index (κ2) is 9.86. The number of carbonyl (C=O) groups excluding carboxylic acids is 1. The molecule has 0 saturated heterocycles. The van der Waals surface area contributed by atoms with Gasteiger partial charge in [0.1, 0.15) is 23.7 Å². The molecule has 4 rings (SSSR count). The van der Waals surface area contributed by atoms with Crippen molar-refractivity contribution in [1.29, 1.82) is 0 Å². The zero-order valence-electron chi connectivity index (χ0n) is 18.0. The van der Waals surface area contributed by atoms with E-state index in [1.165, 1.54) is 0 Å². The number of benzene rings is 1. The summed E-state index contributed by atoms with van der Waals surface area (Å²) in [5.74, 6) is 2.00. The molecule has 9 nitrogen and oxygen atoms in total. The van der Waals surface area contributed by atoms with Crippen LogP contribution in [0, 0.1) is 0 Å². The van der Waals surface area contributed by atoms with Crippen molar-refractivity contribution in [1.82, 2.24) is 30.5 Å². The minimum Gasteiger partial charge on any atom is -0.496 e. The predicted molar refractivity (Wildman–Crippen MR) is 120 cm³/mol. The Hall–Kier alpha value is -4.01. The van der Waals surface area contributed by atoms with Gasteiger partial charge in [0, 0.05) is 42.4 Å². The van der Waals surface area contributed by atoms with E-state index in [4.69, 9.17) is 14.5 Å². The quantitative estimate of drug-likeness (QED) is 0.390. The number of pyridine rings is 2. The van der Waals surface area contributed by atoms with Crippen LogP contribution in [0.25, 0.3) is 22.2 Å². The van der Waals surface area contributed by atoms with E-state index in [0.717, 1.165) is 23.2 Å². The number of fused-ring (bicyclic) bond motifs is 1. The lowest BCUT2D eigenvalue weighted by molar-refractivity contribution is 0.0953. The minimum absolute atomic E-state index is 0.159. The Morgan fingerprint density at radius 2 is 2.09 bits per heavy atom. The number of aromatic amines is 1. The fourth-order valence-electron chi connectivity index (χ4n) is 3.42. The molecular formula is C23H24N6O3. The van der Waals surface area contributed by atoms with Gasteiger partial charge >= 0.3 is 0 Å². The van der Waals surface area contributed by atoms with E-state index in [2.05, 4.69) is 25.5 Å². The van der Waals surface area contributed by atoms with Crippen molar-refractivity contribution in [3.63, 3.8) is 0 Å². The standard InChI is InChI=1S/C23H24N6O3/c1-3-32-21-12-19(17-13-24-10-8-20(17)31-2)28-18-11-15(6-7-16(18)21)23(30)25-9-4-5-22-26-14-27-29-22/h6-8,10-14H,3-5,9H2,1-2H3,(H,25,30)(H,26,27,29). The number of H-pyrrole nitrogens is 1. The van der Waals surface area contributed by atoms with Gasteiger partial charge in [-0.15, -0.1) is 10.2 Å². The van der Waals surface area contributed by atoms with Crippen LogP contribution in [0.3, 0.4) is 0 Å². The Morgan fingerprint density at radius 1 is 1.19 bits per heavy atom. The molecule has 164 valence electrons. The van der Waals surface area contributed by atoms with Crippen molar-refractivity contribution in [3.8, 4) is 22.8 Å². The monoisotopic (exact) mass is 432 g/mol. The highest BCUT2D eigenvalue weighted by atomic mass is 16.5. The fourth-order valence-corrected chi connectivity index (χ4v) is 3.42. The van der Waals surface area contributed by atoms with E-state index in [1.54, 1.807) is 44.0 Å². The molecule has 3 heterocycles. The number of rotatable bonds is 9. The number of hydrogen-bond acceptors (Lipinski definition) is 7. The van der Waals surface area contributed by atoms with Crippen LogP contribution in [-0.4, -0.2) is 51.3 Å². The smallest absolute Gasteiger partial charge is 0.251 e. The molecule has 4 aromatic rings. The van der Waals surface area contributed by atoms with Crippen molar-refractivity contribution in [2.24, 2.45) is 0 Å². The molecule has 0 saturated carbocycles. The van der Waals surface area contributed by atoms with Crippen molar-refractivity contribution < 1.29 is 14.3 Å². The van der Waals surface area contributed by atoms with E-state index in [9.17, 15) is 4.79 Å². The third kappa shape index (κ3) is 4.66. The van der Waals surface area contributed by atoms with Gasteiger partial charge in [-0.3, -0.25) is 9.78 Å². The molecule has 9 heteroatoms. The first-order chi connectivity index (χ1) is 15.7. The maximum absolute atomic E-state index is 12.7. The Balaban J connectivity index is 1.59. The Kier molecular flexibility index (Phi) is 6.54. The van der Waals surface area contributed by atoms with E-state index in [0.29, 0.717) is 47.8 Å². The average Bonchev–Trinajstić information content (AvgIpc) is 3.35. The number of aromatic nitrogens is 5. The summed E-state index contributed by atoms with van der Waals surface area (Å²) in [6, 6.07) is 9.07. The number of ether oxygens (including phenoxy) is 2.